The predicted octanol–water partition coefficient (Wildman–Crippen LogP) is 1.24. The topological polar surface area (TPSA) is 92.5 Å². The van der Waals surface area contributed by atoms with E-state index in [1.165, 1.54) is 17.5 Å². The minimum absolute atomic E-state index is 0.0362. The van der Waals surface area contributed by atoms with Gasteiger partial charge in [-0.15, -0.1) is 0 Å². The van der Waals surface area contributed by atoms with E-state index in [1.54, 1.807) is 0 Å². The number of hydrogen-bond acceptors (Lipinski definition) is 6. The molecule has 2 N–H and O–H groups in total. The molecule has 0 spiro atoms. The average molecular weight is 268 g/mol. The van der Waals surface area contributed by atoms with Crippen molar-refractivity contribution in [3.8, 4) is 11.6 Å². The molecule has 1 atom stereocenters. The number of fused-ring (bicyclic) bond motifs is 1. The van der Waals surface area contributed by atoms with Crippen molar-refractivity contribution in [1.29, 1.82) is 0 Å². The normalized spacial score (nSPS) is 17.9. The molecule has 100 valence electrons. The Kier molecular flexibility index (Phi) is 2.56. The van der Waals surface area contributed by atoms with E-state index >= 15 is 0 Å². The molecule has 3 heterocycles. The van der Waals surface area contributed by atoms with Crippen LogP contribution in [0.15, 0.2) is 35.1 Å². The first-order valence-corrected chi connectivity index (χ1v) is 6.39. The lowest BCUT2D eigenvalue weighted by atomic mass is 9.96. The number of benzene rings is 1. The van der Waals surface area contributed by atoms with Crippen LogP contribution in [0.25, 0.3) is 11.6 Å². The molecule has 1 aromatic carbocycles. The smallest absolute Gasteiger partial charge is 0.244 e. The highest BCUT2D eigenvalue weighted by atomic mass is 16.5. The van der Waals surface area contributed by atoms with Crippen molar-refractivity contribution in [2.24, 2.45) is 0 Å². The second-order valence-electron chi connectivity index (χ2n) is 4.70. The Balaban J connectivity index is 1.60. The van der Waals surface area contributed by atoms with Crippen molar-refractivity contribution in [1.82, 2.24) is 30.6 Å². The first-order valence-electron chi connectivity index (χ1n) is 6.39. The summed E-state index contributed by atoms with van der Waals surface area (Å²) in [6.45, 7) is 0.806. The van der Waals surface area contributed by atoms with Gasteiger partial charge in [0, 0.05) is 6.54 Å². The first-order chi connectivity index (χ1) is 9.90. The second kappa shape index (κ2) is 4.53. The SMILES string of the molecule is c1ccc2c(c1)CN[C@H](c1nc(-c3ncn[nH]3)no1)C2. The third-order valence-corrected chi connectivity index (χ3v) is 3.45. The maximum Gasteiger partial charge on any atom is 0.244 e. The molecule has 4 rings (SSSR count). The zero-order valence-corrected chi connectivity index (χ0v) is 10.6. The van der Waals surface area contributed by atoms with E-state index in [9.17, 15) is 0 Å². The minimum atomic E-state index is 0.0362. The Morgan fingerprint density at radius 1 is 1.20 bits per heavy atom. The summed E-state index contributed by atoms with van der Waals surface area (Å²) < 4.78 is 5.33. The minimum Gasteiger partial charge on any atom is -0.337 e. The van der Waals surface area contributed by atoms with E-state index in [0.29, 0.717) is 17.5 Å². The molecule has 0 amide bonds. The van der Waals surface area contributed by atoms with Crippen LogP contribution in [0.5, 0.6) is 0 Å². The van der Waals surface area contributed by atoms with Gasteiger partial charge in [-0.3, -0.25) is 5.10 Å². The van der Waals surface area contributed by atoms with Crippen molar-refractivity contribution in [3.63, 3.8) is 0 Å². The highest BCUT2D eigenvalue weighted by molar-refractivity contribution is 5.40. The van der Waals surface area contributed by atoms with Crippen molar-refractivity contribution in [2.45, 2.75) is 19.0 Å². The molecule has 1 aliphatic rings. The fraction of sp³-hybridized carbons (Fsp3) is 0.231. The van der Waals surface area contributed by atoms with Gasteiger partial charge in [0.15, 0.2) is 5.82 Å². The van der Waals surface area contributed by atoms with Gasteiger partial charge < -0.3 is 9.84 Å². The second-order valence-corrected chi connectivity index (χ2v) is 4.70. The molecule has 7 nitrogen and oxygen atoms in total. The lowest BCUT2D eigenvalue weighted by Crippen LogP contribution is -2.28. The van der Waals surface area contributed by atoms with Gasteiger partial charge in [0.2, 0.25) is 11.7 Å². The molecule has 0 saturated carbocycles. The summed E-state index contributed by atoms with van der Waals surface area (Å²) in [5, 5.41) is 13.8. The zero-order chi connectivity index (χ0) is 13.4. The fourth-order valence-corrected chi connectivity index (χ4v) is 2.42. The molecule has 0 radical (unpaired) electrons. The summed E-state index contributed by atoms with van der Waals surface area (Å²) in [5.41, 5.74) is 2.63. The third kappa shape index (κ3) is 1.88. The van der Waals surface area contributed by atoms with E-state index in [0.717, 1.165) is 13.0 Å². The highest BCUT2D eigenvalue weighted by Crippen LogP contribution is 2.25. The lowest BCUT2D eigenvalue weighted by Gasteiger charge is -2.23. The summed E-state index contributed by atoms with van der Waals surface area (Å²) in [6.07, 6.45) is 2.26. The number of rotatable bonds is 2. The molecule has 3 aromatic rings. The summed E-state index contributed by atoms with van der Waals surface area (Å²) in [4.78, 5) is 8.38. The monoisotopic (exact) mass is 268 g/mol. The zero-order valence-electron chi connectivity index (χ0n) is 10.6. The van der Waals surface area contributed by atoms with Crippen LogP contribution < -0.4 is 5.32 Å². The van der Waals surface area contributed by atoms with E-state index in [-0.39, 0.29) is 6.04 Å². The molecular formula is C13H12N6O. The van der Waals surface area contributed by atoms with E-state index in [1.807, 2.05) is 0 Å². The van der Waals surface area contributed by atoms with Crippen LogP contribution in [0, 0.1) is 0 Å². The van der Waals surface area contributed by atoms with Crippen molar-refractivity contribution in [3.05, 3.63) is 47.6 Å². The summed E-state index contributed by atoms with van der Waals surface area (Å²) in [5.74, 6) is 1.51. The molecular weight excluding hydrogens is 256 g/mol. The van der Waals surface area contributed by atoms with Crippen LogP contribution in [-0.2, 0) is 13.0 Å². The van der Waals surface area contributed by atoms with Crippen molar-refractivity contribution >= 4 is 0 Å². The van der Waals surface area contributed by atoms with Gasteiger partial charge in [0.1, 0.15) is 6.33 Å². The number of aromatic nitrogens is 5. The van der Waals surface area contributed by atoms with E-state index in [4.69, 9.17) is 4.52 Å². The van der Waals surface area contributed by atoms with Crippen LogP contribution in [0.3, 0.4) is 0 Å². The predicted molar refractivity (Wildman–Crippen MR) is 69.4 cm³/mol. The summed E-state index contributed by atoms with van der Waals surface area (Å²) in [7, 11) is 0. The Labute approximate surface area is 114 Å². The summed E-state index contributed by atoms with van der Waals surface area (Å²) in [6, 6.07) is 8.40. The number of aromatic amines is 1. The van der Waals surface area contributed by atoms with E-state index < -0.39 is 0 Å². The van der Waals surface area contributed by atoms with Gasteiger partial charge in [-0.25, -0.2) is 4.98 Å². The Bertz CT molecular complexity index is 720. The lowest BCUT2D eigenvalue weighted by molar-refractivity contribution is 0.321. The average Bonchev–Trinajstić information content (AvgIpc) is 3.17. The van der Waals surface area contributed by atoms with E-state index in [2.05, 4.69) is 54.9 Å². The molecule has 0 saturated heterocycles. The van der Waals surface area contributed by atoms with Crippen molar-refractivity contribution in [2.75, 3.05) is 0 Å². The Hall–Kier alpha value is -2.54. The highest BCUT2D eigenvalue weighted by Gasteiger charge is 2.24. The van der Waals surface area contributed by atoms with Gasteiger partial charge in [0.25, 0.3) is 0 Å². The van der Waals surface area contributed by atoms with Crippen molar-refractivity contribution < 1.29 is 4.52 Å². The molecule has 1 aliphatic heterocycles. The number of nitrogens with one attached hydrogen (secondary N) is 2. The van der Waals surface area contributed by atoms with Crippen LogP contribution in [0.4, 0.5) is 0 Å². The quantitative estimate of drug-likeness (QED) is 0.726. The fourth-order valence-electron chi connectivity index (χ4n) is 2.42. The number of H-pyrrole nitrogens is 1. The molecule has 0 bridgehead atoms. The van der Waals surface area contributed by atoms with Gasteiger partial charge >= 0.3 is 0 Å². The summed E-state index contributed by atoms with van der Waals surface area (Å²) >= 11 is 0. The molecule has 0 fully saturated rings. The van der Waals surface area contributed by atoms with Crippen LogP contribution in [0.2, 0.25) is 0 Å². The maximum atomic E-state index is 5.33. The van der Waals surface area contributed by atoms with Gasteiger partial charge in [-0.1, -0.05) is 29.4 Å². The Morgan fingerprint density at radius 2 is 2.10 bits per heavy atom. The molecule has 7 heteroatoms. The maximum absolute atomic E-state index is 5.33. The van der Waals surface area contributed by atoms with Gasteiger partial charge in [-0.2, -0.15) is 10.1 Å². The van der Waals surface area contributed by atoms with Crippen LogP contribution >= 0.6 is 0 Å². The van der Waals surface area contributed by atoms with Gasteiger partial charge in [-0.05, 0) is 17.5 Å². The molecule has 0 aliphatic carbocycles. The molecule has 2 aromatic heterocycles. The Morgan fingerprint density at radius 3 is 2.95 bits per heavy atom. The largest absolute Gasteiger partial charge is 0.337 e. The van der Waals surface area contributed by atoms with Crippen LogP contribution in [-0.4, -0.2) is 25.3 Å². The third-order valence-electron chi connectivity index (χ3n) is 3.45. The standard InChI is InChI=1S/C13H12N6O/c1-2-4-9-6-14-10(5-8(9)3-1)13-17-12(19-20-13)11-15-7-16-18-11/h1-4,7,10,14H,5-6H2,(H,15,16,18)/t10-/m0/s1. The molecule has 0 unspecified atom stereocenters. The first kappa shape index (κ1) is 11.3. The number of nitrogens with zero attached hydrogens (tertiary/aromatic N) is 4. The molecule has 20 heavy (non-hydrogen) atoms. The van der Waals surface area contributed by atoms with Gasteiger partial charge in [0.05, 0.1) is 6.04 Å². The van der Waals surface area contributed by atoms with Crippen LogP contribution in [0.1, 0.15) is 23.1 Å². The number of hydrogen-bond donors (Lipinski definition) is 2.